The number of allylic oxidation sites excluding steroid dienone is 1. The second-order valence-corrected chi connectivity index (χ2v) is 6.29. The van der Waals surface area contributed by atoms with Gasteiger partial charge in [0.1, 0.15) is 12.4 Å². The molecule has 4 heteroatoms. The van der Waals surface area contributed by atoms with Crippen molar-refractivity contribution in [2.75, 3.05) is 6.54 Å². The molecule has 1 aliphatic carbocycles. The molecule has 1 amide bonds. The van der Waals surface area contributed by atoms with Crippen molar-refractivity contribution in [2.45, 2.75) is 38.7 Å². The van der Waals surface area contributed by atoms with E-state index in [2.05, 4.69) is 16.4 Å². The highest BCUT2D eigenvalue weighted by Crippen LogP contribution is 2.19. The molecule has 1 aliphatic rings. The van der Waals surface area contributed by atoms with Crippen LogP contribution in [-0.4, -0.2) is 17.4 Å². The zero-order chi connectivity index (χ0) is 17.3. The van der Waals surface area contributed by atoms with Gasteiger partial charge in [0.15, 0.2) is 0 Å². The zero-order valence-electron chi connectivity index (χ0n) is 14.4. The molecule has 2 aromatic rings. The Morgan fingerprint density at radius 1 is 1.16 bits per heavy atom. The van der Waals surface area contributed by atoms with Gasteiger partial charge in [0.25, 0.3) is 5.91 Å². The van der Waals surface area contributed by atoms with Crippen molar-refractivity contribution in [1.82, 2.24) is 10.3 Å². The van der Waals surface area contributed by atoms with E-state index >= 15 is 0 Å². The van der Waals surface area contributed by atoms with Gasteiger partial charge in [-0.25, -0.2) is 0 Å². The molecule has 0 fully saturated rings. The molecule has 1 N–H and O–H groups in total. The molecule has 4 nitrogen and oxygen atoms in total. The van der Waals surface area contributed by atoms with Crippen LogP contribution in [0.4, 0.5) is 0 Å². The Balaban J connectivity index is 1.44. The molecule has 3 rings (SSSR count). The van der Waals surface area contributed by atoms with E-state index in [0.29, 0.717) is 18.7 Å². The number of carbonyl (C=O) groups is 1. The van der Waals surface area contributed by atoms with Crippen LogP contribution in [-0.2, 0) is 6.61 Å². The Kier molecular flexibility index (Phi) is 6.21. The van der Waals surface area contributed by atoms with Crippen LogP contribution in [0.2, 0.25) is 0 Å². The van der Waals surface area contributed by atoms with Crippen molar-refractivity contribution in [3.05, 3.63) is 71.6 Å². The lowest BCUT2D eigenvalue weighted by molar-refractivity contribution is 0.0954. The van der Waals surface area contributed by atoms with Gasteiger partial charge in [-0.2, -0.15) is 0 Å². The first-order valence-corrected chi connectivity index (χ1v) is 8.89. The monoisotopic (exact) mass is 336 g/mol. The third-order valence-corrected chi connectivity index (χ3v) is 4.36. The summed E-state index contributed by atoms with van der Waals surface area (Å²) < 4.78 is 5.71. The molecule has 0 unspecified atom stereocenters. The van der Waals surface area contributed by atoms with Gasteiger partial charge >= 0.3 is 0 Å². The molecule has 130 valence electrons. The minimum absolute atomic E-state index is 0.0322. The van der Waals surface area contributed by atoms with Crippen LogP contribution in [0.1, 0.15) is 48.0 Å². The Morgan fingerprint density at radius 2 is 2.04 bits per heavy atom. The third-order valence-electron chi connectivity index (χ3n) is 4.36. The average Bonchev–Trinajstić information content (AvgIpc) is 2.68. The molecular weight excluding hydrogens is 312 g/mol. The summed E-state index contributed by atoms with van der Waals surface area (Å²) in [7, 11) is 0. The second-order valence-electron chi connectivity index (χ2n) is 6.29. The summed E-state index contributed by atoms with van der Waals surface area (Å²) in [5.41, 5.74) is 3.15. The highest BCUT2D eigenvalue weighted by Gasteiger charge is 2.07. The fraction of sp³-hybridized carbons (Fsp3) is 0.333. The van der Waals surface area contributed by atoms with Crippen LogP contribution in [0.5, 0.6) is 5.75 Å². The van der Waals surface area contributed by atoms with Gasteiger partial charge in [0.2, 0.25) is 0 Å². The molecule has 0 spiro atoms. The summed E-state index contributed by atoms with van der Waals surface area (Å²) in [5, 5.41) is 2.99. The molecule has 0 aliphatic heterocycles. The van der Waals surface area contributed by atoms with Crippen LogP contribution in [0.3, 0.4) is 0 Å². The van der Waals surface area contributed by atoms with Crippen LogP contribution in [0.25, 0.3) is 0 Å². The Bertz CT molecular complexity index is 708. The number of nitrogens with one attached hydrogen (secondary N) is 1. The number of carbonyl (C=O) groups excluding carboxylic acids is 1. The molecule has 0 saturated heterocycles. The number of pyridine rings is 1. The van der Waals surface area contributed by atoms with Crippen molar-refractivity contribution in [3.8, 4) is 5.75 Å². The topological polar surface area (TPSA) is 51.2 Å². The number of ether oxygens (including phenoxy) is 1. The largest absolute Gasteiger partial charge is 0.489 e. The lowest BCUT2D eigenvalue weighted by atomic mass is 9.97. The summed E-state index contributed by atoms with van der Waals surface area (Å²) in [5.74, 6) is 0.711. The number of hydrogen-bond donors (Lipinski definition) is 1. The van der Waals surface area contributed by atoms with E-state index in [9.17, 15) is 4.79 Å². The van der Waals surface area contributed by atoms with Crippen molar-refractivity contribution >= 4 is 5.91 Å². The quantitative estimate of drug-likeness (QED) is 0.768. The van der Waals surface area contributed by atoms with Crippen LogP contribution < -0.4 is 10.1 Å². The smallest absolute Gasteiger partial charge is 0.251 e. The van der Waals surface area contributed by atoms with Crippen molar-refractivity contribution < 1.29 is 9.53 Å². The molecule has 1 aromatic heterocycles. The van der Waals surface area contributed by atoms with Crippen molar-refractivity contribution in [1.29, 1.82) is 0 Å². The Labute approximate surface area is 148 Å². The fourth-order valence-corrected chi connectivity index (χ4v) is 2.92. The minimum atomic E-state index is -0.0322. The van der Waals surface area contributed by atoms with E-state index in [1.54, 1.807) is 24.5 Å². The van der Waals surface area contributed by atoms with Gasteiger partial charge in [-0.3, -0.25) is 9.78 Å². The average molecular weight is 336 g/mol. The predicted molar refractivity (Wildman–Crippen MR) is 98.5 cm³/mol. The maximum absolute atomic E-state index is 12.2. The van der Waals surface area contributed by atoms with E-state index in [4.69, 9.17) is 4.74 Å². The minimum Gasteiger partial charge on any atom is -0.489 e. The van der Waals surface area contributed by atoms with Gasteiger partial charge in [0.05, 0.1) is 0 Å². The maximum atomic E-state index is 12.2. The highest BCUT2D eigenvalue weighted by molar-refractivity contribution is 5.94. The van der Waals surface area contributed by atoms with E-state index in [0.717, 1.165) is 17.7 Å². The predicted octanol–water partition coefficient (Wildman–Crippen LogP) is 4.28. The lowest BCUT2D eigenvalue weighted by Crippen LogP contribution is -2.24. The zero-order valence-corrected chi connectivity index (χ0v) is 14.4. The first-order valence-electron chi connectivity index (χ1n) is 8.89. The van der Waals surface area contributed by atoms with Crippen molar-refractivity contribution in [3.63, 3.8) is 0 Å². The number of hydrogen-bond acceptors (Lipinski definition) is 3. The summed E-state index contributed by atoms with van der Waals surface area (Å²) >= 11 is 0. The Morgan fingerprint density at radius 3 is 2.76 bits per heavy atom. The number of aromatic nitrogens is 1. The van der Waals surface area contributed by atoms with Crippen molar-refractivity contribution in [2.24, 2.45) is 0 Å². The molecule has 0 saturated carbocycles. The molecule has 1 aromatic carbocycles. The maximum Gasteiger partial charge on any atom is 0.251 e. The van der Waals surface area contributed by atoms with Crippen LogP contribution in [0.15, 0.2) is 60.4 Å². The van der Waals surface area contributed by atoms with Gasteiger partial charge < -0.3 is 10.1 Å². The van der Waals surface area contributed by atoms with Gasteiger partial charge in [-0.15, -0.1) is 0 Å². The van der Waals surface area contributed by atoms with E-state index in [1.807, 2.05) is 24.3 Å². The fourth-order valence-electron chi connectivity index (χ4n) is 2.92. The third kappa shape index (κ3) is 5.45. The molecule has 0 atom stereocenters. The number of rotatable bonds is 7. The highest BCUT2D eigenvalue weighted by atomic mass is 16.5. The summed E-state index contributed by atoms with van der Waals surface area (Å²) in [6.07, 6.45) is 11.7. The van der Waals surface area contributed by atoms with Gasteiger partial charge in [-0.05, 0) is 62.4 Å². The van der Waals surface area contributed by atoms with E-state index < -0.39 is 0 Å². The Hall–Kier alpha value is -2.62. The standard InChI is InChI=1S/C21H24N2O2/c24-21(23-14-12-17-5-2-1-3-6-17)19-8-10-20(11-9-19)25-16-18-7-4-13-22-15-18/h4-5,7-11,13,15H,1-3,6,12,14,16H2,(H,23,24). The van der Waals surface area contributed by atoms with Gasteiger partial charge in [-0.1, -0.05) is 17.7 Å². The van der Waals surface area contributed by atoms with Crippen LogP contribution >= 0.6 is 0 Å². The molecule has 0 radical (unpaired) electrons. The SMILES string of the molecule is O=C(NCCC1=CCCCC1)c1ccc(OCc2cccnc2)cc1. The summed E-state index contributed by atoms with van der Waals surface area (Å²) in [6, 6.07) is 11.1. The molecule has 0 bridgehead atoms. The molecule has 25 heavy (non-hydrogen) atoms. The van der Waals surface area contributed by atoms with Crippen LogP contribution in [0, 0.1) is 0 Å². The molecular formula is C21H24N2O2. The summed E-state index contributed by atoms with van der Waals surface area (Å²) in [4.78, 5) is 16.3. The normalized spacial score (nSPS) is 13.8. The van der Waals surface area contributed by atoms with Gasteiger partial charge in [0, 0.05) is 30.1 Å². The first kappa shape index (κ1) is 17.2. The molecule has 1 heterocycles. The lowest BCUT2D eigenvalue weighted by Gasteiger charge is -2.13. The first-order chi connectivity index (χ1) is 12.3. The number of amides is 1. The summed E-state index contributed by atoms with van der Waals surface area (Å²) in [6.45, 7) is 1.17. The van der Waals surface area contributed by atoms with E-state index in [1.165, 1.54) is 31.3 Å². The number of nitrogens with zero attached hydrogens (tertiary/aromatic N) is 1. The second kappa shape index (κ2) is 9.02. The number of benzene rings is 1. The van der Waals surface area contributed by atoms with E-state index in [-0.39, 0.29) is 5.91 Å².